The van der Waals surface area contributed by atoms with Crippen LogP contribution in [0.1, 0.15) is 25.5 Å². The van der Waals surface area contributed by atoms with Gasteiger partial charge in [0.1, 0.15) is 0 Å². The van der Waals surface area contributed by atoms with Crippen LogP contribution < -0.4 is 0 Å². The summed E-state index contributed by atoms with van der Waals surface area (Å²) in [6.07, 6.45) is -5.22. The zero-order valence-electron chi connectivity index (χ0n) is 13.5. The number of esters is 1. The highest BCUT2D eigenvalue weighted by atomic mass is 19.4. The maximum Gasteiger partial charge on any atom is 0.416 e. The number of carbonyl (C=O) groups is 1. The second-order valence-corrected chi connectivity index (χ2v) is 2.14. The van der Waals surface area contributed by atoms with E-state index in [9.17, 15) is 18.0 Å². The van der Waals surface area contributed by atoms with Crippen LogP contribution in [0.3, 0.4) is 0 Å². The maximum atomic E-state index is 12.8. The van der Waals surface area contributed by atoms with Gasteiger partial charge < -0.3 is 4.74 Å². The molecular weight excluding hydrogens is 197 g/mol. The van der Waals surface area contributed by atoms with E-state index in [1.165, 1.54) is 0 Å². The van der Waals surface area contributed by atoms with E-state index in [2.05, 4.69) is 4.74 Å². The minimum atomic E-state index is -5.22. The minimum Gasteiger partial charge on any atom is -0.465 e. The lowest BCUT2D eigenvalue weighted by molar-refractivity contribution is -0.137. The fourth-order valence-electron chi connectivity index (χ4n) is 0.639. The Balaban J connectivity index is 3.61. The van der Waals surface area contributed by atoms with Gasteiger partial charge in [-0.2, -0.15) is 13.2 Å². The van der Waals surface area contributed by atoms with Gasteiger partial charge in [-0.25, -0.2) is 4.79 Å². The van der Waals surface area contributed by atoms with Crippen molar-refractivity contribution in [2.45, 2.75) is 6.18 Å². The first-order chi connectivity index (χ1) is 9.27. The highest BCUT2D eigenvalue weighted by Crippen LogP contribution is 2.29. The van der Waals surface area contributed by atoms with E-state index in [1.54, 1.807) is 0 Å². The first-order valence-electron chi connectivity index (χ1n) is 6.68. The van der Waals surface area contributed by atoms with Gasteiger partial charge in [0, 0.05) is 0 Å². The average Bonchev–Trinajstić information content (AvgIpc) is 2.21. The normalized spacial score (nSPS) is 19.2. The van der Waals surface area contributed by atoms with Crippen LogP contribution in [-0.2, 0) is 10.9 Å². The van der Waals surface area contributed by atoms with Gasteiger partial charge >= 0.3 is 12.1 Å². The minimum absolute atomic E-state index is 1.17. The van der Waals surface area contributed by atoms with Gasteiger partial charge in [-0.1, -0.05) is 6.04 Å². The summed E-state index contributed by atoms with van der Waals surface area (Å²) in [5, 5.41) is 0. The van der Waals surface area contributed by atoms with Crippen LogP contribution >= 0.6 is 0 Å². The molecule has 5 heteroatoms. The predicted molar refractivity (Wildman–Crippen MR) is 42.8 cm³/mol. The Labute approximate surface area is 88.1 Å². The molecule has 0 aliphatic heterocycles. The lowest BCUT2D eigenvalue weighted by Crippen LogP contribution is -2.08. The molecule has 0 amide bonds. The van der Waals surface area contributed by atoms with E-state index in [0.717, 1.165) is 0 Å². The Morgan fingerprint density at radius 1 is 1.57 bits per heavy atom. The summed E-state index contributed by atoms with van der Waals surface area (Å²) in [5.41, 5.74) is -3.22. The molecule has 0 saturated carbocycles. The van der Waals surface area contributed by atoms with Gasteiger partial charge in [0.2, 0.25) is 0 Å². The van der Waals surface area contributed by atoms with E-state index in [1.807, 2.05) is 0 Å². The molecule has 0 aromatic heterocycles. The Morgan fingerprint density at radius 2 is 2.29 bits per heavy atom. The predicted octanol–water partition coefficient (Wildman–Crippen LogP) is 2.49. The van der Waals surface area contributed by atoms with Crippen molar-refractivity contribution in [2.24, 2.45) is 0 Å². The zero-order chi connectivity index (χ0) is 16.7. The molecule has 0 radical (unpaired) electrons. The number of benzene rings is 1. The van der Waals surface area contributed by atoms with Crippen molar-refractivity contribution in [3.05, 3.63) is 35.3 Å². The standard InChI is InChI=1S/C9H7F3O2/c1-14-8(13)6-3-2-4-7(5-6)9(10,11)12/h2-5H,1H3/i1D3,2D,3D,4D,5D. The highest BCUT2D eigenvalue weighted by Gasteiger charge is 2.30. The van der Waals surface area contributed by atoms with Crippen LogP contribution in [-0.4, -0.2) is 13.0 Å². The van der Waals surface area contributed by atoms with Gasteiger partial charge in [0.25, 0.3) is 0 Å². The Kier molecular flexibility index (Phi) is 1.14. The molecule has 0 atom stereocenters. The molecule has 2 nitrogen and oxygen atoms in total. The molecule has 0 N–H and O–H groups in total. The molecule has 0 spiro atoms. The number of rotatable bonds is 1. The number of hydrogen-bond acceptors (Lipinski definition) is 2. The quantitative estimate of drug-likeness (QED) is 0.667. The second-order valence-electron chi connectivity index (χ2n) is 2.14. The summed E-state index contributed by atoms with van der Waals surface area (Å²) in [6.45, 7) is 0. The Morgan fingerprint density at radius 3 is 2.86 bits per heavy atom. The Bertz CT molecular complexity index is 595. The monoisotopic (exact) mass is 211 g/mol. The molecule has 14 heavy (non-hydrogen) atoms. The fourth-order valence-corrected chi connectivity index (χ4v) is 0.639. The lowest BCUT2D eigenvalue weighted by Gasteiger charge is -2.07. The average molecular weight is 211 g/mol. The summed E-state index contributed by atoms with van der Waals surface area (Å²) in [4.78, 5) is 11.5. The smallest absolute Gasteiger partial charge is 0.416 e. The molecule has 0 aliphatic carbocycles. The molecule has 1 aromatic carbocycles. The van der Waals surface area contributed by atoms with Crippen molar-refractivity contribution in [1.29, 1.82) is 0 Å². The van der Waals surface area contributed by atoms with Crippen LogP contribution in [0.5, 0.6) is 0 Å². The van der Waals surface area contributed by atoms with E-state index < -0.39 is 54.5 Å². The topological polar surface area (TPSA) is 26.3 Å². The maximum absolute atomic E-state index is 12.8. The Hall–Kier alpha value is -1.52. The molecule has 76 valence electrons. The lowest BCUT2D eigenvalue weighted by atomic mass is 10.1. The summed E-state index contributed by atoms with van der Waals surface area (Å²) < 4.78 is 91.2. The van der Waals surface area contributed by atoms with Gasteiger partial charge in [-0.15, -0.1) is 0 Å². The van der Waals surface area contributed by atoms with Gasteiger partial charge in [-0.3, -0.25) is 0 Å². The van der Waals surface area contributed by atoms with Gasteiger partial charge in [0.15, 0.2) is 0 Å². The number of hydrogen-bond donors (Lipinski definition) is 0. The molecular formula is C9H7F3O2. The van der Waals surface area contributed by atoms with Crippen molar-refractivity contribution < 1.29 is 32.3 Å². The van der Waals surface area contributed by atoms with Crippen LogP contribution in [0.2, 0.25) is 0 Å². The number of ether oxygens (including phenoxy) is 1. The summed E-state index contributed by atoms with van der Waals surface area (Å²) >= 11 is 0. The third-order valence-electron chi connectivity index (χ3n) is 1.21. The number of carbonyl (C=O) groups excluding carboxylic acids is 1. The largest absolute Gasteiger partial charge is 0.465 e. The second kappa shape index (κ2) is 3.69. The van der Waals surface area contributed by atoms with Crippen molar-refractivity contribution in [3.8, 4) is 0 Å². The van der Waals surface area contributed by atoms with Crippen LogP contribution in [0.4, 0.5) is 13.2 Å². The van der Waals surface area contributed by atoms with Crippen molar-refractivity contribution in [2.75, 3.05) is 7.04 Å². The summed E-state index contributed by atoms with van der Waals surface area (Å²) in [5.74, 6) is -1.86. The summed E-state index contributed by atoms with van der Waals surface area (Å²) in [7, 11) is -3.28. The van der Waals surface area contributed by atoms with Gasteiger partial charge in [0.05, 0.1) is 27.8 Å². The SMILES string of the molecule is [2H]c1c([2H])c(C(=O)OC([2H])([2H])[2H])c([2H])c(C(F)(F)F)c1[2H]. The van der Waals surface area contributed by atoms with Crippen LogP contribution in [0, 0.1) is 0 Å². The van der Waals surface area contributed by atoms with E-state index in [0.29, 0.717) is 0 Å². The zero-order valence-corrected chi connectivity index (χ0v) is 6.45. The van der Waals surface area contributed by atoms with Gasteiger partial charge in [-0.05, 0) is 18.1 Å². The molecule has 1 aromatic rings. The molecule has 0 saturated heterocycles. The third-order valence-corrected chi connectivity index (χ3v) is 1.21. The molecule has 1 rings (SSSR count). The van der Waals surface area contributed by atoms with Crippen molar-refractivity contribution in [1.82, 2.24) is 0 Å². The molecule has 0 heterocycles. The molecule has 0 bridgehead atoms. The first kappa shape index (κ1) is 4.33. The number of methoxy groups -OCH3 is 1. The molecule has 0 unspecified atom stereocenters. The molecule has 0 aliphatic rings. The number of alkyl halides is 3. The van der Waals surface area contributed by atoms with Crippen LogP contribution in [0.15, 0.2) is 24.2 Å². The first-order valence-corrected chi connectivity index (χ1v) is 3.18. The van der Waals surface area contributed by atoms with E-state index >= 15 is 0 Å². The van der Waals surface area contributed by atoms with Crippen LogP contribution in [0.25, 0.3) is 0 Å². The third kappa shape index (κ3) is 2.25. The molecule has 0 fully saturated rings. The number of halogens is 3. The van der Waals surface area contributed by atoms with Crippen molar-refractivity contribution in [3.63, 3.8) is 0 Å². The van der Waals surface area contributed by atoms with E-state index in [4.69, 9.17) is 9.60 Å². The van der Waals surface area contributed by atoms with E-state index in [-0.39, 0.29) is 0 Å². The highest BCUT2D eigenvalue weighted by molar-refractivity contribution is 5.89. The van der Waals surface area contributed by atoms with Crippen molar-refractivity contribution >= 4 is 5.97 Å². The fraction of sp³-hybridized carbons (Fsp3) is 0.222. The summed E-state index contributed by atoms with van der Waals surface area (Å²) in [6, 6.07) is -5.44.